The highest BCUT2D eigenvalue weighted by molar-refractivity contribution is 6.24. The number of halogens is 2. The Morgan fingerprint density at radius 1 is 1.58 bits per heavy atom. The molecule has 0 aliphatic heterocycles. The molecule has 12 heavy (non-hydrogen) atoms. The summed E-state index contributed by atoms with van der Waals surface area (Å²) in [7, 11) is 0. The van der Waals surface area contributed by atoms with Crippen LogP contribution < -0.4 is 0 Å². The molecule has 0 aliphatic rings. The Morgan fingerprint density at radius 2 is 2.08 bits per heavy atom. The number of carbonyl (C=O) groups is 1. The summed E-state index contributed by atoms with van der Waals surface area (Å²) in [6.07, 6.45) is 1.44. The van der Waals surface area contributed by atoms with E-state index in [2.05, 4.69) is 6.58 Å². The first-order chi connectivity index (χ1) is 5.66. The van der Waals surface area contributed by atoms with Crippen LogP contribution >= 0.6 is 23.2 Å². The van der Waals surface area contributed by atoms with Gasteiger partial charge in [-0.2, -0.15) is 0 Å². The molecule has 0 saturated carbocycles. The normalized spacial score (nSPS) is 10.9. The van der Waals surface area contributed by atoms with E-state index in [1.807, 2.05) is 0 Å². The zero-order chi connectivity index (χ0) is 9.61. The number of esters is 1. The first-order valence-electron chi connectivity index (χ1n) is 3.59. The quantitative estimate of drug-likeness (QED) is 0.396. The SMILES string of the molecule is C=CC(CCl)(CCl)C(=O)OCC. The van der Waals surface area contributed by atoms with Gasteiger partial charge in [-0.25, -0.2) is 0 Å². The van der Waals surface area contributed by atoms with E-state index in [4.69, 9.17) is 27.9 Å². The zero-order valence-electron chi connectivity index (χ0n) is 6.98. The van der Waals surface area contributed by atoms with Gasteiger partial charge in [-0.3, -0.25) is 4.79 Å². The summed E-state index contributed by atoms with van der Waals surface area (Å²) < 4.78 is 4.80. The van der Waals surface area contributed by atoms with Gasteiger partial charge in [-0.1, -0.05) is 6.08 Å². The third-order valence-electron chi connectivity index (χ3n) is 1.55. The minimum absolute atomic E-state index is 0.0961. The van der Waals surface area contributed by atoms with Crippen molar-refractivity contribution < 1.29 is 9.53 Å². The Labute approximate surface area is 82.5 Å². The highest BCUT2D eigenvalue weighted by atomic mass is 35.5. The fourth-order valence-corrected chi connectivity index (χ4v) is 1.33. The van der Waals surface area contributed by atoms with Crippen molar-refractivity contribution in [3.63, 3.8) is 0 Å². The van der Waals surface area contributed by atoms with Gasteiger partial charge in [-0.05, 0) is 6.92 Å². The van der Waals surface area contributed by atoms with Gasteiger partial charge in [-0.15, -0.1) is 29.8 Å². The fourth-order valence-electron chi connectivity index (χ4n) is 0.612. The van der Waals surface area contributed by atoms with Crippen LogP contribution in [0, 0.1) is 5.41 Å². The van der Waals surface area contributed by atoms with Crippen molar-refractivity contribution in [1.29, 1.82) is 0 Å². The second-order valence-electron chi connectivity index (χ2n) is 2.35. The van der Waals surface area contributed by atoms with Gasteiger partial charge in [0.1, 0.15) is 5.41 Å². The van der Waals surface area contributed by atoms with Crippen molar-refractivity contribution >= 4 is 29.2 Å². The molecule has 0 aliphatic carbocycles. The summed E-state index contributed by atoms with van der Waals surface area (Å²) in [4.78, 5) is 11.3. The van der Waals surface area contributed by atoms with E-state index in [1.54, 1.807) is 6.92 Å². The lowest BCUT2D eigenvalue weighted by Crippen LogP contribution is -2.34. The van der Waals surface area contributed by atoms with Gasteiger partial charge in [0.05, 0.1) is 6.61 Å². The summed E-state index contributed by atoms with van der Waals surface area (Å²) in [5.74, 6) is -0.220. The molecule has 2 nitrogen and oxygen atoms in total. The standard InChI is InChI=1S/C8H12Cl2O2/c1-3-8(5-9,6-10)7(11)12-4-2/h3H,1,4-6H2,2H3. The second kappa shape index (κ2) is 5.44. The largest absolute Gasteiger partial charge is 0.465 e. The summed E-state index contributed by atoms with van der Waals surface area (Å²) in [6, 6.07) is 0. The summed E-state index contributed by atoms with van der Waals surface area (Å²) in [5.41, 5.74) is -0.931. The predicted molar refractivity (Wildman–Crippen MR) is 50.7 cm³/mol. The predicted octanol–water partition coefficient (Wildman–Crippen LogP) is 2.20. The second-order valence-corrected chi connectivity index (χ2v) is 2.88. The maximum absolute atomic E-state index is 11.3. The van der Waals surface area contributed by atoms with Crippen LogP contribution in [-0.4, -0.2) is 24.3 Å². The van der Waals surface area contributed by atoms with Crippen molar-refractivity contribution in [2.24, 2.45) is 5.41 Å². The first kappa shape index (κ1) is 11.8. The molecule has 0 aromatic carbocycles. The number of alkyl halides is 2. The van der Waals surface area contributed by atoms with Crippen LogP contribution in [0.25, 0.3) is 0 Å². The number of ether oxygens (including phenoxy) is 1. The summed E-state index contributed by atoms with van der Waals surface area (Å²) in [5, 5.41) is 0. The molecule has 0 radical (unpaired) electrons. The lowest BCUT2D eigenvalue weighted by molar-refractivity contribution is -0.150. The van der Waals surface area contributed by atoms with Crippen molar-refractivity contribution in [1.82, 2.24) is 0 Å². The van der Waals surface area contributed by atoms with Gasteiger partial charge in [0, 0.05) is 11.8 Å². The highest BCUT2D eigenvalue weighted by Crippen LogP contribution is 2.24. The molecular formula is C8H12Cl2O2. The minimum Gasteiger partial charge on any atom is -0.465 e. The molecule has 0 fully saturated rings. The van der Waals surface area contributed by atoms with Crippen LogP contribution in [0.2, 0.25) is 0 Å². The van der Waals surface area contributed by atoms with Gasteiger partial charge in [0.15, 0.2) is 0 Å². The van der Waals surface area contributed by atoms with Crippen molar-refractivity contribution in [3.05, 3.63) is 12.7 Å². The van der Waals surface area contributed by atoms with Crippen LogP contribution in [0.4, 0.5) is 0 Å². The summed E-state index contributed by atoms with van der Waals surface area (Å²) in [6.45, 7) is 5.56. The molecule has 0 spiro atoms. The van der Waals surface area contributed by atoms with E-state index in [0.717, 1.165) is 0 Å². The Hall–Kier alpha value is -0.210. The molecule has 0 atom stereocenters. The number of rotatable bonds is 5. The van der Waals surface area contributed by atoms with Crippen LogP contribution in [0.3, 0.4) is 0 Å². The van der Waals surface area contributed by atoms with Crippen LogP contribution in [0.5, 0.6) is 0 Å². The van der Waals surface area contributed by atoms with E-state index >= 15 is 0 Å². The topological polar surface area (TPSA) is 26.3 Å². The highest BCUT2D eigenvalue weighted by Gasteiger charge is 2.35. The maximum Gasteiger partial charge on any atom is 0.318 e. The molecule has 0 rings (SSSR count). The Bertz CT molecular complexity index is 164. The number of hydrogen-bond donors (Lipinski definition) is 0. The van der Waals surface area contributed by atoms with Gasteiger partial charge < -0.3 is 4.74 Å². The Kier molecular flexibility index (Phi) is 5.34. The monoisotopic (exact) mass is 210 g/mol. The third-order valence-corrected chi connectivity index (χ3v) is 2.50. The average molecular weight is 211 g/mol. The van der Waals surface area contributed by atoms with E-state index in [9.17, 15) is 4.79 Å². The Balaban J connectivity index is 4.47. The lowest BCUT2D eigenvalue weighted by atomic mass is 9.93. The van der Waals surface area contributed by atoms with Crippen LogP contribution in [0.1, 0.15) is 6.92 Å². The molecule has 0 N–H and O–H groups in total. The molecule has 0 heterocycles. The average Bonchev–Trinajstić information content (AvgIpc) is 2.09. The molecule has 0 saturated heterocycles. The molecule has 0 aromatic heterocycles. The molecule has 0 bridgehead atoms. The third kappa shape index (κ3) is 2.39. The number of carbonyl (C=O) groups excluding carboxylic acids is 1. The molecular weight excluding hydrogens is 199 g/mol. The van der Waals surface area contributed by atoms with Crippen molar-refractivity contribution in [2.45, 2.75) is 6.92 Å². The van der Waals surface area contributed by atoms with E-state index < -0.39 is 11.4 Å². The molecule has 0 amide bonds. The van der Waals surface area contributed by atoms with E-state index in [-0.39, 0.29) is 11.8 Å². The molecule has 70 valence electrons. The molecule has 4 heteroatoms. The maximum atomic E-state index is 11.3. The lowest BCUT2D eigenvalue weighted by Gasteiger charge is -2.22. The van der Waals surface area contributed by atoms with E-state index in [0.29, 0.717) is 6.61 Å². The molecule has 0 aromatic rings. The van der Waals surface area contributed by atoms with Crippen molar-refractivity contribution in [2.75, 3.05) is 18.4 Å². The van der Waals surface area contributed by atoms with Gasteiger partial charge in [0.25, 0.3) is 0 Å². The van der Waals surface area contributed by atoms with Crippen LogP contribution in [-0.2, 0) is 9.53 Å². The summed E-state index contributed by atoms with van der Waals surface area (Å²) >= 11 is 11.2. The number of hydrogen-bond acceptors (Lipinski definition) is 2. The zero-order valence-corrected chi connectivity index (χ0v) is 8.49. The van der Waals surface area contributed by atoms with E-state index in [1.165, 1.54) is 6.08 Å². The fraction of sp³-hybridized carbons (Fsp3) is 0.625. The minimum atomic E-state index is -0.931. The van der Waals surface area contributed by atoms with Crippen molar-refractivity contribution in [3.8, 4) is 0 Å². The van der Waals surface area contributed by atoms with Gasteiger partial charge >= 0.3 is 5.97 Å². The smallest absolute Gasteiger partial charge is 0.318 e. The Morgan fingerprint density at radius 3 is 2.33 bits per heavy atom. The van der Waals surface area contributed by atoms with Crippen LogP contribution in [0.15, 0.2) is 12.7 Å². The van der Waals surface area contributed by atoms with Gasteiger partial charge in [0.2, 0.25) is 0 Å². The molecule has 0 unspecified atom stereocenters. The first-order valence-corrected chi connectivity index (χ1v) is 4.66.